The largest absolute Gasteiger partial charge is 0.358 e. The van der Waals surface area contributed by atoms with E-state index in [2.05, 4.69) is 26.5 Å². The van der Waals surface area contributed by atoms with Crippen LogP contribution in [0.5, 0.6) is 0 Å². The van der Waals surface area contributed by atoms with Gasteiger partial charge in [0.05, 0.1) is 17.8 Å². The van der Waals surface area contributed by atoms with Crippen LogP contribution in [0.3, 0.4) is 0 Å². The van der Waals surface area contributed by atoms with Gasteiger partial charge in [0.2, 0.25) is 5.91 Å². The van der Waals surface area contributed by atoms with Gasteiger partial charge >= 0.3 is 0 Å². The predicted molar refractivity (Wildman–Crippen MR) is 118 cm³/mol. The molecular weight excluding hydrogens is 396 g/mol. The zero-order chi connectivity index (χ0) is 20.5. The van der Waals surface area contributed by atoms with E-state index in [-0.39, 0.29) is 12.3 Å². The average Bonchev–Trinajstić information content (AvgIpc) is 3.47. The Labute approximate surface area is 176 Å². The number of aromatic nitrogens is 3. The molecule has 148 valence electrons. The van der Waals surface area contributed by atoms with Gasteiger partial charge in [0, 0.05) is 39.2 Å². The van der Waals surface area contributed by atoms with Gasteiger partial charge in [-0.3, -0.25) is 4.79 Å². The minimum atomic E-state index is -0.181. The Hall–Kier alpha value is -3.71. The van der Waals surface area contributed by atoms with Crippen LogP contribution >= 0.6 is 11.3 Å². The van der Waals surface area contributed by atoms with Crippen LogP contribution in [0.1, 0.15) is 11.4 Å². The summed E-state index contributed by atoms with van der Waals surface area (Å²) in [4.78, 5) is 20.5. The van der Waals surface area contributed by atoms with E-state index < -0.39 is 0 Å². The molecule has 0 saturated heterocycles. The number of hydrogen-bond donors (Lipinski definition) is 2. The van der Waals surface area contributed by atoms with Gasteiger partial charge in [-0.1, -0.05) is 53.7 Å². The van der Waals surface area contributed by atoms with Gasteiger partial charge in [0.1, 0.15) is 0 Å². The third-order valence-corrected chi connectivity index (χ3v) is 5.62. The van der Waals surface area contributed by atoms with Crippen LogP contribution in [0.15, 0.2) is 70.6 Å². The summed E-state index contributed by atoms with van der Waals surface area (Å²) >= 11 is 1.41. The first-order chi connectivity index (χ1) is 14.7. The molecule has 0 atom stereocenters. The highest BCUT2D eigenvalue weighted by molar-refractivity contribution is 7.14. The molecule has 0 aliphatic rings. The van der Waals surface area contributed by atoms with Crippen molar-refractivity contribution in [1.29, 1.82) is 0 Å². The summed E-state index contributed by atoms with van der Waals surface area (Å²) in [6, 6.07) is 19.6. The molecule has 3 heterocycles. The van der Waals surface area contributed by atoms with Crippen molar-refractivity contribution in [3.8, 4) is 22.6 Å². The number of carbonyl (C=O) groups excluding carboxylic acids is 1. The maximum Gasteiger partial charge on any atom is 0.232 e. The SMILES string of the molecule is Cc1[nH]c2ccccc2c1-c1csc(NC(=O)Cc2cc(-c3ccccc3)on2)n1. The molecule has 6 nitrogen and oxygen atoms in total. The molecule has 2 N–H and O–H groups in total. The summed E-state index contributed by atoms with van der Waals surface area (Å²) < 4.78 is 5.36. The van der Waals surface area contributed by atoms with Crippen molar-refractivity contribution in [2.75, 3.05) is 5.32 Å². The van der Waals surface area contributed by atoms with Gasteiger partial charge in [-0.15, -0.1) is 11.3 Å². The lowest BCUT2D eigenvalue weighted by Gasteiger charge is -1.99. The van der Waals surface area contributed by atoms with Gasteiger partial charge in [-0.05, 0) is 13.0 Å². The number of benzene rings is 2. The van der Waals surface area contributed by atoms with Crippen LogP contribution in [-0.4, -0.2) is 21.0 Å². The molecule has 30 heavy (non-hydrogen) atoms. The molecule has 0 radical (unpaired) electrons. The molecule has 0 spiro atoms. The van der Waals surface area contributed by atoms with Gasteiger partial charge < -0.3 is 14.8 Å². The molecule has 0 fully saturated rings. The lowest BCUT2D eigenvalue weighted by molar-refractivity contribution is -0.115. The second kappa shape index (κ2) is 7.61. The molecule has 7 heteroatoms. The van der Waals surface area contributed by atoms with Crippen molar-refractivity contribution in [2.24, 2.45) is 0 Å². The number of thiazole rings is 1. The second-order valence-electron chi connectivity index (χ2n) is 6.98. The summed E-state index contributed by atoms with van der Waals surface area (Å²) in [5.74, 6) is 0.462. The van der Waals surface area contributed by atoms with E-state index in [1.165, 1.54) is 11.3 Å². The summed E-state index contributed by atoms with van der Waals surface area (Å²) in [5, 5.41) is 10.5. The number of anilines is 1. The van der Waals surface area contributed by atoms with Crippen molar-refractivity contribution in [2.45, 2.75) is 13.3 Å². The van der Waals surface area contributed by atoms with Crippen LogP contribution < -0.4 is 5.32 Å². The standard InChI is InChI=1S/C23H18N4O2S/c1-14-22(17-9-5-6-10-18(17)24-14)19-13-30-23(25-19)26-21(28)12-16-11-20(29-27-16)15-7-3-2-4-8-15/h2-11,13,24H,12H2,1H3,(H,25,26,28). The number of H-pyrrole nitrogens is 1. The van der Waals surface area contributed by atoms with E-state index in [1.807, 2.05) is 60.8 Å². The molecule has 0 aliphatic heterocycles. The highest BCUT2D eigenvalue weighted by atomic mass is 32.1. The van der Waals surface area contributed by atoms with Crippen LogP contribution in [-0.2, 0) is 11.2 Å². The number of hydrogen-bond acceptors (Lipinski definition) is 5. The molecule has 0 unspecified atom stereocenters. The first-order valence-electron chi connectivity index (χ1n) is 9.51. The van der Waals surface area contributed by atoms with Crippen LogP contribution in [0, 0.1) is 6.92 Å². The Morgan fingerprint density at radius 3 is 2.80 bits per heavy atom. The topological polar surface area (TPSA) is 83.8 Å². The molecule has 0 bridgehead atoms. The normalized spacial score (nSPS) is 11.1. The molecule has 5 aromatic rings. The van der Waals surface area contributed by atoms with E-state index in [0.717, 1.165) is 33.4 Å². The fourth-order valence-electron chi connectivity index (χ4n) is 3.51. The number of amides is 1. The molecule has 1 amide bonds. The number of nitrogens with one attached hydrogen (secondary N) is 2. The lowest BCUT2D eigenvalue weighted by atomic mass is 10.1. The fourth-order valence-corrected chi connectivity index (χ4v) is 4.23. The van der Waals surface area contributed by atoms with E-state index in [9.17, 15) is 4.79 Å². The summed E-state index contributed by atoms with van der Waals surface area (Å²) in [7, 11) is 0. The molecular formula is C23H18N4O2S. The Morgan fingerprint density at radius 1 is 1.13 bits per heavy atom. The fraction of sp³-hybridized carbons (Fsp3) is 0.0870. The zero-order valence-corrected chi connectivity index (χ0v) is 17.0. The Morgan fingerprint density at radius 2 is 1.93 bits per heavy atom. The highest BCUT2D eigenvalue weighted by Crippen LogP contribution is 2.33. The third-order valence-electron chi connectivity index (χ3n) is 4.86. The van der Waals surface area contributed by atoms with E-state index in [4.69, 9.17) is 4.52 Å². The minimum absolute atomic E-state index is 0.122. The van der Waals surface area contributed by atoms with E-state index in [0.29, 0.717) is 16.6 Å². The van der Waals surface area contributed by atoms with Crippen LogP contribution in [0.25, 0.3) is 33.5 Å². The maximum absolute atomic E-state index is 12.5. The molecule has 3 aromatic heterocycles. The smallest absolute Gasteiger partial charge is 0.232 e. The van der Waals surface area contributed by atoms with Crippen LogP contribution in [0.4, 0.5) is 5.13 Å². The van der Waals surface area contributed by atoms with Crippen molar-refractivity contribution in [3.05, 3.63) is 77.4 Å². The minimum Gasteiger partial charge on any atom is -0.358 e. The van der Waals surface area contributed by atoms with Gasteiger partial charge in [0.25, 0.3) is 0 Å². The quantitative estimate of drug-likeness (QED) is 0.401. The second-order valence-corrected chi connectivity index (χ2v) is 7.84. The molecule has 5 rings (SSSR count). The van der Waals surface area contributed by atoms with Crippen LogP contribution in [0.2, 0.25) is 0 Å². The first kappa shape index (κ1) is 18.3. The Balaban J connectivity index is 1.30. The first-order valence-corrected chi connectivity index (χ1v) is 10.4. The van der Waals surface area contributed by atoms with Gasteiger partial charge in [-0.2, -0.15) is 0 Å². The molecule has 2 aromatic carbocycles. The van der Waals surface area contributed by atoms with E-state index in [1.54, 1.807) is 6.07 Å². The number of carbonyl (C=O) groups is 1. The Kier molecular flexibility index (Phi) is 4.65. The number of nitrogens with zero attached hydrogens (tertiary/aromatic N) is 2. The third kappa shape index (κ3) is 3.51. The monoisotopic (exact) mass is 414 g/mol. The number of para-hydroxylation sites is 1. The lowest BCUT2D eigenvalue weighted by Crippen LogP contribution is -2.14. The highest BCUT2D eigenvalue weighted by Gasteiger charge is 2.16. The average molecular weight is 414 g/mol. The predicted octanol–water partition coefficient (Wildman–Crippen LogP) is 5.44. The van der Waals surface area contributed by atoms with Gasteiger partial charge in [0.15, 0.2) is 10.9 Å². The van der Waals surface area contributed by atoms with Crippen molar-refractivity contribution in [3.63, 3.8) is 0 Å². The van der Waals surface area contributed by atoms with Crippen molar-refractivity contribution < 1.29 is 9.32 Å². The summed E-state index contributed by atoms with van der Waals surface area (Å²) in [6.45, 7) is 2.03. The number of fused-ring (bicyclic) bond motifs is 1. The van der Waals surface area contributed by atoms with Gasteiger partial charge in [-0.25, -0.2) is 4.98 Å². The molecule has 0 saturated carbocycles. The number of rotatable bonds is 5. The number of aromatic amines is 1. The zero-order valence-electron chi connectivity index (χ0n) is 16.2. The summed E-state index contributed by atoms with van der Waals surface area (Å²) in [6.07, 6.45) is 0.122. The number of aryl methyl sites for hydroxylation is 1. The van der Waals surface area contributed by atoms with Crippen molar-refractivity contribution in [1.82, 2.24) is 15.1 Å². The Bertz CT molecular complexity index is 1330. The van der Waals surface area contributed by atoms with E-state index >= 15 is 0 Å². The summed E-state index contributed by atoms with van der Waals surface area (Å²) in [5.41, 5.74) is 5.54. The molecule has 0 aliphatic carbocycles. The van der Waals surface area contributed by atoms with Crippen molar-refractivity contribution >= 4 is 33.3 Å². The maximum atomic E-state index is 12.5.